The summed E-state index contributed by atoms with van der Waals surface area (Å²) < 4.78 is 46.0. The van der Waals surface area contributed by atoms with Gasteiger partial charge in [-0.15, -0.1) is 0 Å². The Morgan fingerprint density at radius 2 is 1.77 bits per heavy atom. The maximum absolute atomic E-state index is 15.3. The van der Waals surface area contributed by atoms with Crippen LogP contribution >= 0.6 is 0 Å². The smallest absolute Gasteiger partial charge is 0.348 e. The zero-order valence-corrected chi connectivity index (χ0v) is 21.7. The lowest BCUT2D eigenvalue weighted by molar-refractivity contribution is -0.201. The molecule has 39 heavy (non-hydrogen) atoms. The summed E-state index contributed by atoms with van der Waals surface area (Å²) in [4.78, 5) is 20.3. The number of carbonyl (C=O) groups excluding carboxylic acids is 1. The molecule has 3 heterocycles. The van der Waals surface area contributed by atoms with Crippen molar-refractivity contribution in [1.82, 2.24) is 9.99 Å². The third-order valence-electron chi connectivity index (χ3n) is 7.54. The van der Waals surface area contributed by atoms with E-state index in [0.717, 1.165) is 42.9 Å². The lowest BCUT2D eigenvalue weighted by Crippen LogP contribution is -2.58. The number of rotatable bonds is 9. The molecule has 0 spiro atoms. The number of aromatic nitrogens is 1. The average molecular weight is 536 g/mol. The van der Waals surface area contributed by atoms with E-state index < -0.39 is 23.9 Å². The first-order valence-corrected chi connectivity index (χ1v) is 13.4. The Hall–Kier alpha value is -3.72. The van der Waals surface area contributed by atoms with Gasteiger partial charge in [-0.1, -0.05) is 49.2 Å². The molecule has 5 rings (SSSR count). The molecule has 9 heteroatoms. The highest BCUT2D eigenvalue weighted by molar-refractivity contribution is 6.09. The monoisotopic (exact) mass is 535 g/mol. The van der Waals surface area contributed by atoms with Crippen molar-refractivity contribution in [2.75, 3.05) is 24.5 Å². The van der Waals surface area contributed by atoms with Crippen LogP contribution in [0.4, 0.5) is 18.9 Å². The molecule has 3 aromatic rings. The first-order valence-electron chi connectivity index (χ1n) is 13.4. The van der Waals surface area contributed by atoms with Crippen molar-refractivity contribution in [2.45, 2.75) is 50.1 Å². The van der Waals surface area contributed by atoms with Crippen LogP contribution in [-0.2, 0) is 10.2 Å². The molecule has 2 aromatic carbocycles. The Kier molecular flexibility index (Phi) is 7.70. The minimum atomic E-state index is -4.87. The summed E-state index contributed by atoms with van der Waals surface area (Å²) in [6.45, 7) is 1.52. The van der Waals surface area contributed by atoms with Gasteiger partial charge in [0.25, 0.3) is 5.91 Å². The molecule has 0 radical (unpaired) electrons. The van der Waals surface area contributed by atoms with Crippen molar-refractivity contribution in [3.63, 3.8) is 0 Å². The quantitative estimate of drug-likeness (QED) is 0.346. The summed E-state index contributed by atoms with van der Waals surface area (Å²) in [6, 6.07) is 15.1. The lowest BCUT2D eigenvalue weighted by atomic mass is 9.71. The zero-order chi connectivity index (χ0) is 27.5. The van der Waals surface area contributed by atoms with Gasteiger partial charge in [0.1, 0.15) is 0 Å². The van der Waals surface area contributed by atoms with Crippen LogP contribution in [0.1, 0.15) is 49.7 Å². The maximum Gasteiger partial charge on any atom is 0.407 e. The minimum absolute atomic E-state index is 0.0926. The predicted molar refractivity (Wildman–Crippen MR) is 147 cm³/mol. The normalized spacial score (nSPS) is 19.7. The molecule has 1 unspecified atom stereocenters. The Labute approximate surface area is 226 Å². The average Bonchev–Trinajstić information content (AvgIpc) is 3.48. The highest BCUT2D eigenvalue weighted by Crippen LogP contribution is 2.49. The summed E-state index contributed by atoms with van der Waals surface area (Å²) in [5.41, 5.74) is 4.86. The van der Waals surface area contributed by atoms with Gasteiger partial charge in [0.15, 0.2) is 5.41 Å². The Morgan fingerprint density at radius 1 is 0.974 bits per heavy atom. The summed E-state index contributed by atoms with van der Waals surface area (Å²) in [7, 11) is 0. The number of nitrogens with two attached hydrogens (primary N) is 1. The van der Waals surface area contributed by atoms with Gasteiger partial charge in [-0.2, -0.15) is 18.3 Å². The number of amides is 1. The van der Waals surface area contributed by atoms with Crippen LogP contribution in [0.3, 0.4) is 0 Å². The van der Waals surface area contributed by atoms with E-state index in [1.807, 2.05) is 18.3 Å². The number of halogens is 3. The third-order valence-corrected chi connectivity index (χ3v) is 7.54. The molecule has 0 fully saturated rings. The molecule has 1 aromatic heterocycles. The number of fused-ring (bicyclic) bond motifs is 1. The van der Waals surface area contributed by atoms with Crippen LogP contribution in [0.5, 0.6) is 0 Å². The number of unbranched alkanes of at least 4 members (excludes halogenated alkanes) is 3. The van der Waals surface area contributed by atoms with Crippen molar-refractivity contribution in [2.24, 2.45) is 10.8 Å². The summed E-state index contributed by atoms with van der Waals surface area (Å²) in [6.07, 6.45) is 4.07. The molecule has 0 aliphatic carbocycles. The van der Waals surface area contributed by atoms with Gasteiger partial charge < -0.3 is 10.6 Å². The number of anilines is 1. The van der Waals surface area contributed by atoms with Gasteiger partial charge in [0, 0.05) is 43.0 Å². The number of pyridine rings is 1. The van der Waals surface area contributed by atoms with Crippen molar-refractivity contribution in [3.05, 3.63) is 84.2 Å². The van der Waals surface area contributed by atoms with Gasteiger partial charge in [-0.05, 0) is 61.2 Å². The van der Waals surface area contributed by atoms with E-state index in [9.17, 15) is 4.79 Å². The standard InChI is InChI=1S/C30H32F3N5O/c31-30(32,33)29(25-10-7-11-26-24(25)9-8-17-35-26)21-27(36-38(28(29)39)20-4-2-1-3-16-34)22-12-14-23(15-13-22)37-18-5-6-19-37/h5,7-15,17-18H,1-4,6,16,19-21,34H2. The fourth-order valence-corrected chi connectivity index (χ4v) is 5.45. The van der Waals surface area contributed by atoms with Crippen LogP contribution in [0, 0.1) is 0 Å². The topological polar surface area (TPSA) is 74.8 Å². The van der Waals surface area contributed by atoms with Gasteiger partial charge in [-0.25, -0.2) is 5.01 Å². The SMILES string of the molecule is NCCCCCCN1N=C(c2ccc(N3C=CCC3)cc2)CC(c2cccc3ncccc23)(C(F)(F)F)C1=O. The van der Waals surface area contributed by atoms with Gasteiger partial charge in [0.2, 0.25) is 0 Å². The second-order valence-corrected chi connectivity index (χ2v) is 10.0. The van der Waals surface area contributed by atoms with E-state index in [4.69, 9.17) is 5.73 Å². The predicted octanol–water partition coefficient (Wildman–Crippen LogP) is 5.91. The van der Waals surface area contributed by atoms with Crippen LogP contribution in [0.15, 0.2) is 78.2 Å². The molecule has 2 aliphatic rings. The number of hydrogen-bond acceptors (Lipinski definition) is 5. The molecule has 1 atom stereocenters. The van der Waals surface area contributed by atoms with Crippen LogP contribution in [0.25, 0.3) is 10.9 Å². The van der Waals surface area contributed by atoms with Gasteiger partial charge in [0.05, 0.1) is 11.2 Å². The molecule has 2 N–H and O–H groups in total. The fourth-order valence-electron chi connectivity index (χ4n) is 5.45. The van der Waals surface area contributed by atoms with E-state index in [0.29, 0.717) is 29.4 Å². The highest BCUT2D eigenvalue weighted by atomic mass is 19.4. The Morgan fingerprint density at radius 3 is 2.49 bits per heavy atom. The summed E-state index contributed by atoms with van der Waals surface area (Å²) >= 11 is 0. The molecule has 204 valence electrons. The first-order chi connectivity index (χ1) is 18.8. The molecule has 0 bridgehead atoms. The Bertz CT molecular complexity index is 1380. The van der Waals surface area contributed by atoms with Crippen LogP contribution in [0.2, 0.25) is 0 Å². The molecular formula is C30H32F3N5O. The first kappa shape index (κ1) is 26.9. The van der Waals surface area contributed by atoms with Crippen LogP contribution in [-0.4, -0.2) is 47.4 Å². The van der Waals surface area contributed by atoms with Crippen molar-refractivity contribution in [3.8, 4) is 0 Å². The van der Waals surface area contributed by atoms with E-state index in [-0.39, 0.29) is 17.8 Å². The lowest BCUT2D eigenvalue weighted by Gasteiger charge is -2.41. The number of carbonyl (C=O) groups is 1. The molecule has 1 amide bonds. The highest BCUT2D eigenvalue weighted by Gasteiger charge is 2.65. The maximum atomic E-state index is 15.3. The van der Waals surface area contributed by atoms with Crippen LogP contribution < -0.4 is 10.6 Å². The number of alkyl halides is 3. The number of nitrogens with zero attached hydrogens (tertiary/aromatic N) is 4. The number of hydrazone groups is 1. The molecule has 0 saturated heterocycles. The number of hydrogen-bond donors (Lipinski definition) is 1. The minimum Gasteiger partial charge on any atom is -0.348 e. The second-order valence-electron chi connectivity index (χ2n) is 10.0. The fraction of sp³-hybridized carbons (Fsp3) is 0.367. The van der Waals surface area contributed by atoms with E-state index >= 15 is 13.2 Å². The van der Waals surface area contributed by atoms with Crippen molar-refractivity contribution >= 4 is 28.2 Å². The second kappa shape index (κ2) is 11.2. The number of benzene rings is 2. The van der Waals surface area contributed by atoms with Crippen molar-refractivity contribution in [1.29, 1.82) is 0 Å². The van der Waals surface area contributed by atoms with E-state index in [2.05, 4.69) is 21.1 Å². The largest absolute Gasteiger partial charge is 0.407 e. The summed E-state index contributed by atoms with van der Waals surface area (Å²) in [5, 5.41) is 5.88. The van der Waals surface area contributed by atoms with Gasteiger partial charge in [-0.3, -0.25) is 9.78 Å². The van der Waals surface area contributed by atoms with E-state index in [1.165, 1.54) is 18.3 Å². The summed E-state index contributed by atoms with van der Waals surface area (Å²) in [5.74, 6) is -1.05. The molecule has 0 saturated carbocycles. The Balaban J connectivity index is 1.59. The zero-order valence-electron chi connectivity index (χ0n) is 21.7. The van der Waals surface area contributed by atoms with Crippen molar-refractivity contribution < 1.29 is 18.0 Å². The third kappa shape index (κ3) is 5.15. The van der Waals surface area contributed by atoms with Gasteiger partial charge >= 0.3 is 6.18 Å². The van der Waals surface area contributed by atoms with E-state index in [1.54, 1.807) is 30.3 Å². The molecular weight excluding hydrogens is 503 g/mol. The molecule has 2 aliphatic heterocycles. The molecule has 6 nitrogen and oxygen atoms in total.